The first-order chi connectivity index (χ1) is 6.22. The number of nitrogens with two attached hydrogens (primary N) is 1. The second-order valence-corrected chi connectivity index (χ2v) is 3.73. The van der Waals surface area contributed by atoms with E-state index in [9.17, 15) is 0 Å². The summed E-state index contributed by atoms with van der Waals surface area (Å²) in [4.78, 5) is 0. The molecule has 0 fully saturated rings. The van der Waals surface area contributed by atoms with Gasteiger partial charge in [0.2, 0.25) is 0 Å². The van der Waals surface area contributed by atoms with Crippen molar-refractivity contribution in [3.63, 3.8) is 0 Å². The van der Waals surface area contributed by atoms with Gasteiger partial charge in [0.1, 0.15) is 5.75 Å². The van der Waals surface area contributed by atoms with Crippen molar-refractivity contribution in [2.75, 3.05) is 12.8 Å². The zero-order valence-electron chi connectivity index (χ0n) is 8.13. The summed E-state index contributed by atoms with van der Waals surface area (Å²) in [7, 11) is 1.66. The third kappa shape index (κ3) is 1.26. The molecule has 1 aliphatic rings. The van der Waals surface area contributed by atoms with E-state index in [-0.39, 0.29) is 0 Å². The molecule has 0 saturated carbocycles. The molecule has 1 aromatic carbocycles. The van der Waals surface area contributed by atoms with Gasteiger partial charge in [0.05, 0.1) is 12.8 Å². The fourth-order valence-corrected chi connectivity index (χ4v) is 2.04. The first-order valence-electron chi connectivity index (χ1n) is 4.68. The van der Waals surface area contributed by atoms with E-state index in [0.29, 0.717) is 5.92 Å². The maximum Gasteiger partial charge on any atom is 0.142 e. The van der Waals surface area contributed by atoms with Crippen LogP contribution in [0.4, 0.5) is 5.69 Å². The maximum absolute atomic E-state index is 5.84. The first kappa shape index (κ1) is 8.42. The van der Waals surface area contributed by atoms with Gasteiger partial charge in [-0.3, -0.25) is 0 Å². The molecule has 2 N–H and O–H groups in total. The Morgan fingerprint density at radius 3 is 2.92 bits per heavy atom. The molecule has 2 nitrogen and oxygen atoms in total. The summed E-state index contributed by atoms with van der Waals surface area (Å²) in [5.41, 5.74) is 9.40. The van der Waals surface area contributed by atoms with Crippen LogP contribution in [0.5, 0.6) is 5.75 Å². The Kier molecular flexibility index (Phi) is 1.91. The number of ether oxygens (including phenoxy) is 1. The van der Waals surface area contributed by atoms with Gasteiger partial charge in [0.25, 0.3) is 0 Å². The van der Waals surface area contributed by atoms with Crippen LogP contribution < -0.4 is 10.5 Å². The van der Waals surface area contributed by atoms with Gasteiger partial charge in [-0.15, -0.1) is 0 Å². The molecule has 1 atom stereocenters. The molecule has 0 saturated heterocycles. The second kappa shape index (κ2) is 2.95. The zero-order chi connectivity index (χ0) is 9.42. The Hall–Kier alpha value is -1.18. The van der Waals surface area contributed by atoms with E-state index in [0.717, 1.165) is 17.9 Å². The normalized spacial score (nSPS) is 20.0. The smallest absolute Gasteiger partial charge is 0.142 e. The van der Waals surface area contributed by atoms with Gasteiger partial charge in [-0.25, -0.2) is 0 Å². The van der Waals surface area contributed by atoms with Crippen molar-refractivity contribution < 1.29 is 4.74 Å². The molecule has 13 heavy (non-hydrogen) atoms. The van der Waals surface area contributed by atoms with E-state index in [4.69, 9.17) is 10.5 Å². The lowest BCUT2D eigenvalue weighted by atomic mass is 10.0. The van der Waals surface area contributed by atoms with Gasteiger partial charge in [-0.05, 0) is 42.0 Å². The molecule has 0 amide bonds. The first-order valence-corrected chi connectivity index (χ1v) is 4.68. The minimum Gasteiger partial charge on any atom is -0.495 e. The topological polar surface area (TPSA) is 35.2 Å². The number of nitrogen functional groups attached to an aromatic ring is 1. The van der Waals surface area contributed by atoms with E-state index < -0.39 is 0 Å². The summed E-state index contributed by atoms with van der Waals surface area (Å²) < 4.78 is 5.18. The van der Waals surface area contributed by atoms with Gasteiger partial charge >= 0.3 is 0 Å². The Morgan fingerprint density at radius 1 is 1.46 bits per heavy atom. The fraction of sp³-hybridized carbons (Fsp3) is 0.455. The number of anilines is 1. The van der Waals surface area contributed by atoms with Crippen LogP contribution >= 0.6 is 0 Å². The Balaban J connectivity index is 2.50. The van der Waals surface area contributed by atoms with Crippen molar-refractivity contribution in [3.05, 3.63) is 23.3 Å². The number of aryl methyl sites for hydroxylation is 1. The predicted octanol–water partition coefficient (Wildman–Crippen LogP) is 2.33. The monoisotopic (exact) mass is 177 g/mol. The molecule has 0 aromatic heterocycles. The fourth-order valence-electron chi connectivity index (χ4n) is 2.04. The molecule has 1 aromatic rings. The number of hydrogen-bond acceptors (Lipinski definition) is 2. The summed E-state index contributed by atoms with van der Waals surface area (Å²) >= 11 is 0. The van der Waals surface area contributed by atoms with Crippen molar-refractivity contribution in [1.29, 1.82) is 0 Å². The molecule has 0 aliphatic heterocycles. The molecule has 0 heterocycles. The van der Waals surface area contributed by atoms with E-state index in [1.807, 2.05) is 0 Å². The Bertz CT molecular complexity index is 333. The SMILES string of the molecule is COc1cc2c(cc1N)C(C)CC2. The van der Waals surface area contributed by atoms with Crippen molar-refractivity contribution in [1.82, 2.24) is 0 Å². The maximum atomic E-state index is 5.84. The minimum absolute atomic E-state index is 0.656. The third-order valence-electron chi connectivity index (χ3n) is 2.87. The summed E-state index contributed by atoms with van der Waals surface area (Å²) in [6.45, 7) is 2.25. The number of rotatable bonds is 1. The quantitative estimate of drug-likeness (QED) is 0.668. The van der Waals surface area contributed by atoms with Crippen LogP contribution in [0.3, 0.4) is 0 Å². The van der Waals surface area contributed by atoms with Gasteiger partial charge in [0, 0.05) is 0 Å². The van der Waals surface area contributed by atoms with Gasteiger partial charge in [-0.1, -0.05) is 6.92 Å². The largest absolute Gasteiger partial charge is 0.495 e. The highest BCUT2D eigenvalue weighted by atomic mass is 16.5. The third-order valence-corrected chi connectivity index (χ3v) is 2.87. The summed E-state index contributed by atoms with van der Waals surface area (Å²) in [6, 6.07) is 4.14. The van der Waals surface area contributed by atoms with Gasteiger partial charge < -0.3 is 10.5 Å². The molecule has 2 rings (SSSR count). The van der Waals surface area contributed by atoms with E-state index in [1.54, 1.807) is 7.11 Å². The van der Waals surface area contributed by atoms with E-state index >= 15 is 0 Å². The van der Waals surface area contributed by atoms with Crippen LogP contribution in [-0.2, 0) is 6.42 Å². The van der Waals surface area contributed by atoms with Crippen LogP contribution in [0.2, 0.25) is 0 Å². The number of hydrogen-bond donors (Lipinski definition) is 1. The summed E-state index contributed by atoms with van der Waals surface area (Å²) in [5.74, 6) is 1.47. The summed E-state index contributed by atoms with van der Waals surface area (Å²) in [5, 5.41) is 0. The molecule has 1 aliphatic carbocycles. The standard InChI is InChI=1S/C11H15NO/c1-7-3-4-8-5-11(13-2)10(12)6-9(7)8/h5-7H,3-4,12H2,1-2H3. The molecule has 70 valence electrons. The molecule has 0 radical (unpaired) electrons. The van der Waals surface area contributed by atoms with Gasteiger partial charge in [0.15, 0.2) is 0 Å². The van der Waals surface area contributed by atoms with Crippen molar-refractivity contribution in [2.45, 2.75) is 25.7 Å². The van der Waals surface area contributed by atoms with Crippen molar-refractivity contribution >= 4 is 5.69 Å². The minimum atomic E-state index is 0.656. The van der Waals surface area contributed by atoms with Crippen LogP contribution in [0.15, 0.2) is 12.1 Å². The highest BCUT2D eigenvalue weighted by molar-refractivity contribution is 5.58. The molecule has 0 bridgehead atoms. The highest BCUT2D eigenvalue weighted by Gasteiger charge is 2.20. The number of benzene rings is 1. The molecular formula is C11H15NO. The van der Waals surface area contributed by atoms with Crippen molar-refractivity contribution in [2.24, 2.45) is 0 Å². The average molecular weight is 177 g/mol. The average Bonchev–Trinajstić information content (AvgIpc) is 2.47. The highest BCUT2D eigenvalue weighted by Crippen LogP contribution is 2.37. The van der Waals surface area contributed by atoms with Crippen LogP contribution in [0, 0.1) is 0 Å². The zero-order valence-corrected chi connectivity index (χ0v) is 8.13. The van der Waals surface area contributed by atoms with Crippen LogP contribution in [-0.4, -0.2) is 7.11 Å². The lowest BCUT2D eigenvalue weighted by Gasteiger charge is -2.09. The molecule has 2 heteroatoms. The van der Waals surface area contributed by atoms with E-state index in [2.05, 4.69) is 19.1 Å². The van der Waals surface area contributed by atoms with Crippen molar-refractivity contribution in [3.8, 4) is 5.75 Å². The number of fused-ring (bicyclic) bond motifs is 1. The van der Waals surface area contributed by atoms with Crippen LogP contribution in [0.1, 0.15) is 30.4 Å². The lowest BCUT2D eigenvalue weighted by Crippen LogP contribution is -1.96. The molecular weight excluding hydrogens is 162 g/mol. The second-order valence-electron chi connectivity index (χ2n) is 3.73. The van der Waals surface area contributed by atoms with Crippen LogP contribution in [0.25, 0.3) is 0 Å². The predicted molar refractivity (Wildman–Crippen MR) is 54.1 cm³/mol. The Morgan fingerprint density at radius 2 is 2.23 bits per heavy atom. The van der Waals surface area contributed by atoms with E-state index in [1.165, 1.54) is 17.5 Å². The lowest BCUT2D eigenvalue weighted by molar-refractivity contribution is 0.416. The molecule has 1 unspecified atom stereocenters. The summed E-state index contributed by atoms with van der Waals surface area (Å²) in [6.07, 6.45) is 2.40. The Labute approximate surface area is 78.7 Å². The molecule has 0 spiro atoms. The number of methoxy groups -OCH3 is 1. The van der Waals surface area contributed by atoms with Gasteiger partial charge in [-0.2, -0.15) is 0 Å².